The van der Waals surface area contributed by atoms with E-state index in [9.17, 15) is 14.7 Å². The van der Waals surface area contributed by atoms with E-state index in [1.807, 2.05) is 29.4 Å². The summed E-state index contributed by atoms with van der Waals surface area (Å²) >= 11 is 1.46. The van der Waals surface area contributed by atoms with Gasteiger partial charge in [-0.3, -0.25) is 4.79 Å². The van der Waals surface area contributed by atoms with Crippen LogP contribution in [0, 0.1) is 0 Å². The number of carbonyl (C=O) groups is 2. The van der Waals surface area contributed by atoms with Crippen molar-refractivity contribution in [2.45, 2.75) is 43.2 Å². The van der Waals surface area contributed by atoms with Gasteiger partial charge in [0.05, 0.1) is 0 Å². The smallest absolute Gasteiger partial charge is 0.340 e. The maximum Gasteiger partial charge on any atom is 0.340 e. The number of amides is 1. The van der Waals surface area contributed by atoms with Crippen LogP contribution in [0.4, 0.5) is 0 Å². The van der Waals surface area contributed by atoms with Gasteiger partial charge in [-0.25, -0.2) is 4.79 Å². The predicted octanol–water partition coefficient (Wildman–Crippen LogP) is 3.17. The third-order valence-corrected chi connectivity index (χ3v) is 6.07. The maximum atomic E-state index is 13.1. The van der Waals surface area contributed by atoms with Crippen molar-refractivity contribution < 1.29 is 19.4 Å². The van der Waals surface area contributed by atoms with Gasteiger partial charge in [0, 0.05) is 30.1 Å². The molecule has 7 heteroatoms. The molecule has 1 aliphatic heterocycles. The summed E-state index contributed by atoms with van der Waals surface area (Å²) in [6, 6.07) is 13.4. The van der Waals surface area contributed by atoms with Crippen LogP contribution in [0.3, 0.4) is 0 Å². The number of piperidine rings is 1. The van der Waals surface area contributed by atoms with Crippen molar-refractivity contribution in [3.63, 3.8) is 0 Å². The third kappa shape index (κ3) is 5.41. The summed E-state index contributed by atoms with van der Waals surface area (Å²) < 4.78 is 5.21. The van der Waals surface area contributed by atoms with E-state index >= 15 is 0 Å². The molecule has 2 aromatic carbocycles. The van der Waals surface area contributed by atoms with Gasteiger partial charge >= 0.3 is 5.97 Å². The van der Waals surface area contributed by atoms with Gasteiger partial charge in [0.2, 0.25) is 0 Å². The number of esters is 1. The molecule has 0 bridgehead atoms. The van der Waals surface area contributed by atoms with E-state index < -0.39 is 12.1 Å². The molecular weight excluding hydrogens is 400 g/mol. The molecule has 3 rings (SSSR count). The molecule has 1 atom stereocenters. The Balaban J connectivity index is 1.70. The van der Waals surface area contributed by atoms with E-state index in [0.29, 0.717) is 31.1 Å². The highest BCUT2D eigenvalue weighted by Crippen LogP contribution is 2.30. The Morgan fingerprint density at radius 1 is 1.23 bits per heavy atom. The van der Waals surface area contributed by atoms with Gasteiger partial charge in [-0.05, 0) is 61.3 Å². The van der Waals surface area contributed by atoms with E-state index in [1.165, 1.54) is 24.2 Å². The second-order valence-electron chi connectivity index (χ2n) is 7.51. The molecule has 0 aliphatic carbocycles. The highest BCUT2D eigenvalue weighted by Gasteiger charge is 2.25. The minimum absolute atomic E-state index is 0.0746. The van der Waals surface area contributed by atoms with E-state index in [-0.39, 0.29) is 11.7 Å². The van der Waals surface area contributed by atoms with Crippen molar-refractivity contribution in [2.75, 3.05) is 19.3 Å². The zero-order valence-electron chi connectivity index (χ0n) is 17.3. The van der Waals surface area contributed by atoms with E-state index in [2.05, 4.69) is 12.1 Å². The summed E-state index contributed by atoms with van der Waals surface area (Å²) in [7, 11) is 0. The molecule has 1 fully saturated rings. The molecule has 0 radical (unpaired) electrons. The number of ether oxygens (including phenoxy) is 1. The van der Waals surface area contributed by atoms with Crippen molar-refractivity contribution in [3.05, 3.63) is 59.2 Å². The van der Waals surface area contributed by atoms with Gasteiger partial charge in [-0.2, -0.15) is 0 Å². The highest BCUT2D eigenvalue weighted by atomic mass is 32.2. The molecule has 1 saturated heterocycles. The number of hydrogen-bond acceptors (Lipinski definition) is 6. The third-order valence-electron chi connectivity index (χ3n) is 5.36. The predicted molar refractivity (Wildman–Crippen MR) is 118 cm³/mol. The molecule has 3 N–H and O–H groups in total. The minimum Gasteiger partial charge on any atom is -0.425 e. The molecule has 1 amide bonds. The van der Waals surface area contributed by atoms with E-state index in [1.54, 1.807) is 12.1 Å². The molecule has 1 heterocycles. The van der Waals surface area contributed by atoms with Crippen LogP contribution < -0.4 is 10.5 Å². The van der Waals surface area contributed by atoms with Crippen molar-refractivity contribution in [1.82, 2.24) is 4.90 Å². The number of carbonyl (C=O) groups excluding carboxylic acids is 2. The Labute approximate surface area is 181 Å². The zero-order valence-corrected chi connectivity index (χ0v) is 18.2. The lowest BCUT2D eigenvalue weighted by molar-refractivity contribution is -0.142. The number of nitrogens with two attached hydrogens (primary N) is 1. The van der Waals surface area contributed by atoms with Gasteiger partial charge in [-0.1, -0.05) is 24.3 Å². The fourth-order valence-corrected chi connectivity index (χ4v) is 4.12. The van der Waals surface area contributed by atoms with Crippen molar-refractivity contribution in [1.29, 1.82) is 0 Å². The van der Waals surface area contributed by atoms with E-state index in [4.69, 9.17) is 10.5 Å². The lowest BCUT2D eigenvalue weighted by Crippen LogP contribution is -2.38. The quantitative estimate of drug-likeness (QED) is 0.417. The summed E-state index contributed by atoms with van der Waals surface area (Å²) in [5, 5.41) is 9.38. The number of aliphatic hydroxyl groups is 1. The van der Waals surface area contributed by atoms with Gasteiger partial charge in [0.1, 0.15) is 11.9 Å². The normalized spacial score (nSPS) is 15.7. The number of benzene rings is 2. The Bertz CT molecular complexity index is 908. The van der Waals surface area contributed by atoms with Crippen LogP contribution in [-0.4, -0.2) is 47.3 Å². The number of likely N-dealkylation sites (tertiary alicyclic amines) is 1. The summed E-state index contributed by atoms with van der Waals surface area (Å²) in [6.45, 7) is 3.21. The monoisotopic (exact) mass is 428 g/mol. The van der Waals surface area contributed by atoms with Crippen LogP contribution >= 0.6 is 11.8 Å². The average Bonchev–Trinajstić information content (AvgIpc) is 2.78. The van der Waals surface area contributed by atoms with Crippen molar-refractivity contribution in [2.24, 2.45) is 5.73 Å². The molecule has 0 aromatic heterocycles. The number of aliphatic hydroxyl groups excluding tert-OH is 1. The summed E-state index contributed by atoms with van der Waals surface area (Å²) in [5.41, 5.74) is 8.65. The largest absolute Gasteiger partial charge is 0.425 e. The van der Waals surface area contributed by atoms with Crippen LogP contribution in [0.1, 0.15) is 47.2 Å². The lowest BCUT2D eigenvalue weighted by atomic mass is 9.88. The van der Waals surface area contributed by atoms with E-state index in [0.717, 1.165) is 23.3 Å². The van der Waals surface area contributed by atoms with Crippen LogP contribution in [0.5, 0.6) is 5.75 Å². The summed E-state index contributed by atoms with van der Waals surface area (Å²) in [6.07, 6.45) is 2.46. The fourth-order valence-electron chi connectivity index (χ4n) is 3.65. The van der Waals surface area contributed by atoms with Gasteiger partial charge in [0.15, 0.2) is 0 Å². The second-order valence-corrected chi connectivity index (χ2v) is 8.39. The molecule has 160 valence electrons. The van der Waals surface area contributed by atoms with Crippen LogP contribution in [0.2, 0.25) is 0 Å². The van der Waals surface area contributed by atoms with Gasteiger partial charge in [-0.15, -0.1) is 11.8 Å². The van der Waals surface area contributed by atoms with Crippen molar-refractivity contribution in [3.8, 4) is 5.75 Å². The molecule has 2 aromatic rings. The van der Waals surface area contributed by atoms with Gasteiger partial charge < -0.3 is 20.5 Å². The SMILES string of the molecule is CSc1cc(OC(=O)C(C)O)cc(C(=O)N2CCC(c3cccc(CN)c3)CC2)c1. The molecule has 0 spiro atoms. The van der Waals surface area contributed by atoms with Crippen molar-refractivity contribution >= 4 is 23.6 Å². The Morgan fingerprint density at radius 2 is 1.97 bits per heavy atom. The Kier molecular flexibility index (Phi) is 7.53. The first-order valence-corrected chi connectivity index (χ1v) is 11.3. The summed E-state index contributed by atoms with van der Waals surface area (Å²) in [5.74, 6) is -0.133. The number of rotatable bonds is 6. The van der Waals surface area contributed by atoms with Crippen LogP contribution in [0.15, 0.2) is 47.4 Å². The zero-order chi connectivity index (χ0) is 21.7. The molecule has 1 aliphatic rings. The molecular formula is C23H28N2O4S. The van der Waals surface area contributed by atoms with Gasteiger partial charge in [0.25, 0.3) is 5.91 Å². The fraction of sp³-hybridized carbons (Fsp3) is 0.391. The average molecular weight is 429 g/mol. The van der Waals surface area contributed by atoms with Crippen LogP contribution in [-0.2, 0) is 11.3 Å². The lowest BCUT2D eigenvalue weighted by Gasteiger charge is -2.32. The summed E-state index contributed by atoms with van der Waals surface area (Å²) in [4.78, 5) is 27.5. The number of thioether (sulfide) groups is 1. The molecule has 0 saturated carbocycles. The Morgan fingerprint density at radius 3 is 2.60 bits per heavy atom. The number of nitrogens with zero attached hydrogens (tertiary/aromatic N) is 1. The Hall–Kier alpha value is -2.35. The highest BCUT2D eigenvalue weighted by molar-refractivity contribution is 7.98. The van der Waals surface area contributed by atoms with Crippen LogP contribution in [0.25, 0.3) is 0 Å². The first kappa shape index (κ1) is 22.3. The number of hydrogen-bond donors (Lipinski definition) is 2. The molecule has 1 unspecified atom stereocenters. The second kappa shape index (κ2) is 10.1. The standard InChI is InChI=1S/C23H28N2O4S/c1-15(26)23(28)29-20-11-19(12-21(13-20)30-2)22(27)25-8-6-17(7-9-25)18-5-3-4-16(10-18)14-24/h3-5,10-13,15,17,26H,6-9,14,24H2,1-2H3. The molecule has 30 heavy (non-hydrogen) atoms. The maximum absolute atomic E-state index is 13.1. The topological polar surface area (TPSA) is 92.9 Å². The molecule has 6 nitrogen and oxygen atoms in total. The first-order valence-electron chi connectivity index (χ1n) is 10.1. The minimum atomic E-state index is -1.22. The first-order chi connectivity index (χ1) is 14.4.